The molecular weight excluding hydrogens is 347 g/mol. The van der Waals surface area contributed by atoms with Crippen LogP contribution in [0.15, 0.2) is 79.4 Å². The highest BCUT2D eigenvalue weighted by molar-refractivity contribution is 7.63. The molecule has 3 heterocycles. The van der Waals surface area contributed by atoms with Crippen LogP contribution in [-0.4, -0.2) is 9.97 Å². The molecule has 1 aromatic carbocycles. The molecular formula is C24H21N2P. The minimum Gasteiger partial charge on any atom is -0.265 e. The number of hydrogen-bond acceptors (Lipinski definition) is 2. The van der Waals surface area contributed by atoms with Crippen LogP contribution in [-0.2, 0) is 12.8 Å². The Morgan fingerprint density at radius 2 is 1.07 bits per heavy atom. The van der Waals surface area contributed by atoms with Gasteiger partial charge in [-0.05, 0) is 77.5 Å². The third-order valence-corrected chi connectivity index (χ3v) is 8.17. The van der Waals surface area contributed by atoms with Crippen molar-refractivity contribution in [3.8, 4) is 27.0 Å². The minimum absolute atomic E-state index is 0.566. The summed E-state index contributed by atoms with van der Waals surface area (Å²) in [6, 6.07) is 19.8. The summed E-state index contributed by atoms with van der Waals surface area (Å²) in [4.78, 5) is 8.52. The smallest absolute Gasteiger partial charge is 0.0274 e. The molecule has 0 fully saturated rings. The summed E-state index contributed by atoms with van der Waals surface area (Å²) >= 11 is 0. The first-order valence-electron chi connectivity index (χ1n) is 9.56. The van der Waals surface area contributed by atoms with Gasteiger partial charge in [0.05, 0.1) is 0 Å². The Hall–Kier alpha value is -2.70. The van der Waals surface area contributed by atoms with E-state index in [1.165, 1.54) is 42.1 Å². The first-order valence-corrected chi connectivity index (χ1v) is 10.9. The zero-order chi connectivity index (χ0) is 18.1. The van der Waals surface area contributed by atoms with Crippen molar-refractivity contribution in [2.24, 2.45) is 0 Å². The number of nitrogens with zero attached hydrogens (tertiary/aromatic N) is 2. The average molecular weight is 368 g/mol. The summed E-state index contributed by atoms with van der Waals surface area (Å²) in [5, 5.41) is 4.51. The van der Waals surface area contributed by atoms with Crippen molar-refractivity contribution < 1.29 is 0 Å². The van der Waals surface area contributed by atoms with Gasteiger partial charge in [-0.3, -0.25) is 9.97 Å². The molecule has 0 radical (unpaired) electrons. The van der Waals surface area contributed by atoms with E-state index in [1.54, 1.807) is 21.7 Å². The molecule has 1 aliphatic rings. The van der Waals surface area contributed by atoms with Crippen molar-refractivity contribution in [1.29, 1.82) is 0 Å². The van der Waals surface area contributed by atoms with Gasteiger partial charge >= 0.3 is 0 Å². The fraction of sp³-hybridized carbons (Fsp3) is 0.167. The van der Waals surface area contributed by atoms with Crippen LogP contribution < -0.4 is 0 Å². The highest BCUT2D eigenvalue weighted by Crippen LogP contribution is 2.61. The molecule has 27 heavy (non-hydrogen) atoms. The number of pyridine rings is 2. The zero-order valence-corrected chi connectivity index (χ0v) is 16.1. The molecule has 0 atom stereocenters. The van der Waals surface area contributed by atoms with E-state index in [2.05, 4.69) is 64.6 Å². The predicted molar refractivity (Wildman–Crippen MR) is 114 cm³/mol. The molecule has 2 nitrogen and oxygen atoms in total. The highest BCUT2D eigenvalue weighted by Gasteiger charge is 2.27. The Bertz CT molecular complexity index is 987. The van der Waals surface area contributed by atoms with Crippen LogP contribution in [0, 0.1) is 0 Å². The average Bonchev–Trinajstić information content (AvgIpc) is 3.11. The van der Waals surface area contributed by atoms with E-state index in [1.807, 2.05) is 24.8 Å². The van der Waals surface area contributed by atoms with E-state index < -0.39 is 7.53 Å². The lowest BCUT2D eigenvalue weighted by molar-refractivity contribution is 0.692. The van der Waals surface area contributed by atoms with E-state index in [9.17, 15) is 0 Å². The third kappa shape index (κ3) is 2.91. The van der Waals surface area contributed by atoms with Crippen molar-refractivity contribution in [1.82, 2.24) is 9.97 Å². The number of benzene rings is 1. The predicted octanol–water partition coefficient (Wildman–Crippen LogP) is 6.67. The molecule has 0 bridgehead atoms. The van der Waals surface area contributed by atoms with Gasteiger partial charge in [0.25, 0.3) is 0 Å². The zero-order valence-electron chi connectivity index (χ0n) is 15.2. The highest BCUT2D eigenvalue weighted by atomic mass is 31.1. The van der Waals surface area contributed by atoms with Crippen LogP contribution in [0.2, 0.25) is 0 Å². The Morgan fingerprint density at radius 3 is 1.56 bits per heavy atom. The molecule has 4 aromatic rings. The van der Waals surface area contributed by atoms with Crippen LogP contribution in [0.3, 0.4) is 0 Å². The maximum absolute atomic E-state index is 4.26. The van der Waals surface area contributed by atoms with Gasteiger partial charge in [-0.25, -0.2) is 0 Å². The molecule has 0 unspecified atom stereocenters. The van der Waals surface area contributed by atoms with Crippen LogP contribution in [0.1, 0.15) is 24.0 Å². The molecule has 0 aliphatic heterocycles. The molecule has 132 valence electrons. The van der Waals surface area contributed by atoms with Gasteiger partial charge in [-0.1, -0.05) is 37.9 Å². The SMILES string of the molecule is c1ccc(-p2c(-c3ccncc3)c3c(c2-c2ccncc2)CCCC3)cc1. The molecule has 0 spiro atoms. The maximum atomic E-state index is 4.26. The number of aromatic nitrogens is 2. The second-order valence-electron chi connectivity index (χ2n) is 7.00. The second-order valence-corrected chi connectivity index (χ2v) is 9.09. The van der Waals surface area contributed by atoms with Gasteiger partial charge in [0.1, 0.15) is 0 Å². The van der Waals surface area contributed by atoms with Crippen LogP contribution in [0.4, 0.5) is 0 Å². The van der Waals surface area contributed by atoms with Gasteiger partial charge in [0, 0.05) is 35.4 Å². The van der Waals surface area contributed by atoms with Crippen molar-refractivity contribution in [3.63, 3.8) is 0 Å². The minimum atomic E-state index is -0.566. The van der Waals surface area contributed by atoms with Gasteiger partial charge in [-0.2, -0.15) is 0 Å². The Balaban J connectivity index is 1.89. The standard InChI is InChI=1S/C24H21N2P/c1-2-6-20(7-3-1)27-23(18-10-14-25-15-11-18)21-8-4-5-9-22(21)24(27)19-12-16-26-17-13-19/h1-3,6-7,10-17H,4-5,8-9H2. The lowest BCUT2D eigenvalue weighted by Gasteiger charge is -2.15. The van der Waals surface area contributed by atoms with Crippen molar-refractivity contribution in [2.45, 2.75) is 25.7 Å². The van der Waals surface area contributed by atoms with E-state index in [4.69, 9.17) is 0 Å². The fourth-order valence-electron chi connectivity index (χ4n) is 4.27. The molecule has 1 aliphatic carbocycles. The lowest BCUT2D eigenvalue weighted by atomic mass is 9.89. The van der Waals surface area contributed by atoms with Crippen LogP contribution in [0.25, 0.3) is 27.0 Å². The molecule has 0 saturated heterocycles. The van der Waals surface area contributed by atoms with Gasteiger partial charge in [-0.15, -0.1) is 0 Å². The Labute approximate surface area is 161 Å². The summed E-state index contributed by atoms with van der Waals surface area (Å²) < 4.78 is 0. The van der Waals surface area contributed by atoms with E-state index in [0.717, 1.165) is 0 Å². The number of hydrogen-bond donors (Lipinski definition) is 0. The lowest BCUT2D eigenvalue weighted by Crippen LogP contribution is -2.01. The molecule has 0 N–H and O–H groups in total. The van der Waals surface area contributed by atoms with E-state index in [0.29, 0.717) is 0 Å². The quantitative estimate of drug-likeness (QED) is 0.404. The van der Waals surface area contributed by atoms with Gasteiger partial charge in [0.2, 0.25) is 0 Å². The van der Waals surface area contributed by atoms with Crippen molar-refractivity contribution in [3.05, 3.63) is 90.5 Å². The summed E-state index contributed by atoms with van der Waals surface area (Å²) in [7, 11) is -0.566. The normalized spacial score (nSPS) is 13.3. The second kappa shape index (κ2) is 7.13. The maximum Gasteiger partial charge on any atom is 0.0274 e. The van der Waals surface area contributed by atoms with Crippen molar-refractivity contribution in [2.75, 3.05) is 0 Å². The third-order valence-electron chi connectivity index (χ3n) is 5.41. The first kappa shape index (κ1) is 16.5. The van der Waals surface area contributed by atoms with Crippen molar-refractivity contribution >= 4 is 7.53 Å². The first-order chi connectivity index (χ1) is 13.4. The Kier molecular flexibility index (Phi) is 4.35. The molecule has 3 heteroatoms. The summed E-state index contributed by atoms with van der Waals surface area (Å²) in [6.45, 7) is 0. The van der Waals surface area contributed by atoms with E-state index in [-0.39, 0.29) is 0 Å². The summed E-state index contributed by atoms with van der Waals surface area (Å²) in [6.07, 6.45) is 12.6. The summed E-state index contributed by atoms with van der Waals surface area (Å²) in [5.74, 6) is 0. The van der Waals surface area contributed by atoms with Gasteiger partial charge < -0.3 is 0 Å². The molecule has 0 saturated carbocycles. The fourth-order valence-corrected chi connectivity index (χ4v) is 7.33. The number of fused-ring (bicyclic) bond motifs is 1. The van der Waals surface area contributed by atoms with Gasteiger partial charge in [0.15, 0.2) is 0 Å². The monoisotopic (exact) mass is 368 g/mol. The van der Waals surface area contributed by atoms with E-state index >= 15 is 0 Å². The topological polar surface area (TPSA) is 25.8 Å². The number of rotatable bonds is 3. The van der Waals surface area contributed by atoms with Crippen LogP contribution in [0.5, 0.6) is 0 Å². The summed E-state index contributed by atoms with van der Waals surface area (Å²) in [5.41, 5.74) is 5.85. The molecule has 5 rings (SSSR count). The molecule has 0 amide bonds. The Morgan fingerprint density at radius 1 is 0.593 bits per heavy atom. The van der Waals surface area contributed by atoms with Crippen LogP contribution >= 0.6 is 7.53 Å². The molecule has 3 aromatic heterocycles. The largest absolute Gasteiger partial charge is 0.265 e.